The molecule has 0 saturated carbocycles. The Morgan fingerprint density at radius 1 is 1.57 bits per heavy atom. The number of hydrogen-bond donors (Lipinski definition) is 1. The second-order valence-corrected chi connectivity index (χ2v) is 5.84. The molecule has 1 fully saturated rings. The van der Waals surface area contributed by atoms with Crippen molar-refractivity contribution in [2.75, 3.05) is 18.6 Å². The highest BCUT2D eigenvalue weighted by Crippen LogP contribution is 2.20. The first-order valence-electron chi connectivity index (χ1n) is 4.47. The normalized spacial score (nSPS) is 31.0. The number of carbonyl (C=O) groups excluding carboxylic acids is 1. The standard InChI is InChI=1S/C8H15NO4S/c1-13-8(10)4-6-5-14(11,12)3-2-7(6)9/h6-7H,2-5,9H2,1H3. The number of hydrogen-bond acceptors (Lipinski definition) is 5. The monoisotopic (exact) mass is 221 g/mol. The van der Waals surface area contributed by atoms with Crippen LogP contribution in [-0.4, -0.2) is 39.0 Å². The maximum atomic E-state index is 11.3. The molecule has 0 aromatic carbocycles. The molecule has 2 atom stereocenters. The Labute approximate surface area is 83.5 Å². The first-order valence-corrected chi connectivity index (χ1v) is 6.29. The molecular formula is C8H15NO4S. The lowest BCUT2D eigenvalue weighted by molar-refractivity contribution is -0.141. The molecule has 1 rings (SSSR count). The molecule has 14 heavy (non-hydrogen) atoms. The Hall–Kier alpha value is -0.620. The van der Waals surface area contributed by atoms with Gasteiger partial charge in [0.25, 0.3) is 0 Å². The first-order chi connectivity index (χ1) is 6.44. The van der Waals surface area contributed by atoms with Crippen LogP contribution < -0.4 is 5.73 Å². The molecule has 0 amide bonds. The zero-order valence-electron chi connectivity index (χ0n) is 8.10. The number of carbonyl (C=O) groups is 1. The van der Waals surface area contributed by atoms with E-state index in [4.69, 9.17) is 5.73 Å². The van der Waals surface area contributed by atoms with Crippen molar-refractivity contribution in [3.8, 4) is 0 Å². The first kappa shape index (κ1) is 11.5. The lowest BCUT2D eigenvalue weighted by Gasteiger charge is -2.27. The number of sulfone groups is 1. The number of rotatable bonds is 2. The summed E-state index contributed by atoms with van der Waals surface area (Å²) in [6.45, 7) is 0. The van der Waals surface area contributed by atoms with Gasteiger partial charge >= 0.3 is 5.97 Å². The van der Waals surface area contributed by atoms with E-state index in [2.05, 4.69) is 4.74 Å². The molecule has 2 unspecified atom stereocenters. The second kappa shape index (κ2) is 4.27. The van der Waals surface area contributed by atoms with Crippen LogP contribution in [0.3, 0.4) is 0 Å². The van der Waals surface area contributed by atoms with Crippen LogP contribution >= 0.6 is 0 Å². The van der Waals surface area contributed by atoms with Gasteiger partial charge < -0.3 is 10.5 Å². The molecule has 1 saturated heterocycles. The molecule has 0 aliphatic carbocycles. The van der Waals surface area contributed by atoms with Crippen molar-refractivity contribution in [3.05, 3.63) is 0 Å². The third kappa shape index (κ3) is 2.95. The molecule has 1 aliphatic heterocycles. The summed E-state index contributed by atoms with van der Waals surface area (Å²) in [6, 6.07) is -0.211. The van der Waals surface area contributed by atoms with Gasteiger partial charge in [0.05, 0.1) is 25.0 Å². The van der Waals surface area contributed by atoms with Gasteiger partial charge in [-0.2, -0.15) is 0 Å². The Morgan fingerprint density at radius 3 is 2.79 bits per heavy atom. The zero-order chi connectivity index (χ0) is 10.8. The summed E-state index contributed by atoms with van der Waals surface area (Å²) in [5, 5.41) is 0. The van der Waals surface area contributed by atoms with Gasteiger partial charge in [-0.3, -0.25) is 4.79 Å². The van der Waals surface area contributed by atoms with Crippen molar-refractivity contribution in [1.82, 2.24) is 0 Å². The van der Waals surface area contributed by atoms with Crippen LogP contribution in [0.5, 0.6) is 0 Å². The van der Waals surface area contributed by atoms with Crippen LogP contribution in [0.25, 0.3) is 0 Å². The van der Waals surface area contributed by atoms with E-state index in [0.717, 1.165) is 0 Å². The number of esters is 1. The van der Waals surface area contributed by atoms with E-state index in [1.165, 1.54) is 7.11 Å². The van der Waals surface area contributed by atoms with E-state index in [-0.39, 0.29) is 29.9 Å². The predicted molar refractivity (Wildman–Crippen MR) is 51.4 cm³/mol. The highest BCUT2D eigenvalue weighted by molar-refractivity contribution is 7.91. The van der Waals surface area contributed by atoms with E-state index >= 15 is 0 Å². The van der Waals surface area contributed by atoms with Gasteiger partial charge in [0.2, 0.25) is 0 Å². The predicted octanol–water partition coefficient (Wildman–Crippen LogP) is -0.688. The minimum absolute atomic E-state index is 0.00324. The molecule has 1 heterocycles. The average molecular weight is 221 g/mol. The summed E-state index contributed by atoms with van der Waals surface area (Å²) in [4.78, 5) is 11.0. The quantitative estimate of drug-likeness (QED) is 0.624. The molecule has 2 N–H and O–H groups in total. The topological polar surface area (TPSA) is 86.5 Å². The van der Waals surface area contributed by atoms with Gasteiger partial charge in [0.1, 0.15) is 0 Å². The zero-order valence-corrected chi connectivity index (χ0v) is 8.92. The van der Waals surface area contributed by atoms with Crippen LogP contribution in [-0.2, 0) is 19.4 Å². The number of methoxy groups -OCH3 is 1. The molecule has 6 heteroatoms. The van der Waals surface area contributed by atoms with Crippen LogP contribution in [0.1, 0.15) is 12.8 Å². The SMILES string of the molecule is COC(=O)CC1CS(=O)(=O)CCC1N. The van der Waals surface area contributed by atoms with Crippen molar-refractivity contribution >= 4 is 15.8 Å². The molecule has 0 bridgehead atoms. The molecule has 0 aromatic heterocycles. The highest BCUT2D eigenvalue weighted by atomic mass is 32.2. The fraction of sp³-hybridized carbons (Fsp3) is 0.875. The van der Waals surface area contributed by atoms with Crippen molar-refractivity contribution in [2.24, 2.45) is 11.7 Å². The molecule has 5 nitrogen and oxygen atoms in total. The summed E-state index contributed by atoms with van der Waals surface area (Å²) in [7, 11) is -1.72. The van der Waals surface area contributed by atoms with Crippen molar-refractivity contribution in [2.45, 2.75) is 18.9 Å². The maximum absolute atomic E-state index is 11.3. The maximum Gasteiger partial charge on any atom is 0.305 e. The minimum atomic E-state index is -3.01. The third-order valence-electron chi connectivity index (χ3n) is 2.49. The minimum Gasteiger partial charge on any atom is -0.469 e. The highest BCUT2D eigenvalue weighted by Gasteiger charge is 2.32. The fourth-order valence-corrected chi connectivity index (χ4v) is 3.41. The number of nitrogens with two attached hydrogens (primary N) is 1. The lowest BCUT2D eigenvalue weighted by atomic mass is 9.96. The summed E-state index contributed by atoms with van der Waals surface area (Å²) >= 11 is 0. The Kier molecular flexibility index (Phi) is 3.49. The number of ether oxygens (including phenoxy) is 1. The summed E-state index contributed by atoms with van der Waals surface area (Å²) in [6.07, 6.45) is 0.529. The summed E-state index contributed by atoms with van der Waals surface area (Å²) < 4.78 is 27.0. The second-order valence-electron chi connectivity index (χ2n) is 3.61. The van der Waals surface area contributed by atoms with Gasteiger partial charge in [-0.05, 0) is 12.3 Å². The Bertz CT molecular complexity index is 311. The fourth-order valence-electron chi connectivity index (χ4n) is 1.59. The molecule has 0 aromatic rings. The summed E-state index contributed by atoms with van der Waals surface area (Å²) in [5.41, 5.74) is 5.73. The van der Waals surface area contributed by atoms with Gasteiger partial charge in [-0.15, -0.1) is 0 Å². The molecule has 0 radical (unpaired) electrons. The van der Waals surface area contributed by atoms with Crippen LogP contribution in [0, 0.1) is 5.92 Å². The van der Waals surface area contributed by atoms with Crippen molar-refractivity contribution in [3.63, 3.8) is 0 Å². The third-order valence-corrected chi connectivity index (χ3v) is 4.29. The van der Waals surface area contributed by atoms with Crippen LogP contribution in [0.4, 0.5) is 0 Å². The van der Waals surface area contributed by atoms with Gasteiger partial charge in [-0.25, -0.2) is 8.42 Å². The van der Waals surface area contributed by atoms with Crippen LogP contribution in [0.15, 0.2) is 0 Å². The van der Waals surface area contributed by atoms with E-state index < -0.39 is 15.8 Å². The van der Waals surface area contributed by atoms with Gasteiger partial charge in [0, 0.05) is 6.04 Å². The van der Waals surface area contributed by atoms with Crippen molar-refractivity contribution < 1.29 is 17.9 Å². The van der Waals surface area contributed by atoms with E-state index in [1.54, 1.807) is 0 Å². The molecule has 0 spiro atoms. The van der Waals surface area contributed by atoms with Gasteiger partial charge in [-0.1, -0.05) is 0 Å². The van der Waals surface area contributed by atoms with Crippen LogP contribution in [0.2, 0.25) is 0 Å². The van der Waals surface area contributed by atoms with E-state index in [1.807, 2.05) is 0 Å². The average Bonchev–Trinajstić information content (AvgIpc) is 2.11. The smallest absolute Gasteiger partial charge is 0.305 e. The Balaban J connectivity index is 2.62. The summed E-state index contributed by atoms with van der Waals surface area (Å²) in [5.74, 6) is -0.557. The molecule has 82 valence electrons. The molecular weight excluding hydrogens is 206 g/mol. The lowest BCUT2D eigenvalue weighted by Crippen LogP contribution is -2.42. The molecule has 1 aliphatic rings. The van der Waals surface area contributed by atoms with Crippen molar-refractivity contribution in [1.29, 1.82) is 0 Å². The largest absolute Gasteiger partial charge is 0.469 e. The Morgan fingerprint density at radius 2 is 2.21 bits per heavy atom. The van der Waals surface area contributed by atoms with E-state index in [0.29, 0.717) is 6.42 Å². The van der Waals surface area contributed by atoms with E-state index in [9.17, 15) is 13.2 Å². The van der Waals surface area contributed by atoms with Gasteiger partial charge in [0.15, 0.2) is 9.84 Å².